The van der Waals surface area contributed by atoms with Crippen LogP contribution in [-0.4, -0.2) is 64.8 Å². The Balaban J connectivity index is 1.69. The first-order valence-corrected chi connectivity index (χ1v) is 9.55. The van der Waals surface area contributed by atoms with E-state index in [4.69, 9.17) is 0 Å². The summed E-state index contributed by atoms with van der Waals surface area (Å²) in [5, 5.41) is 12.8. The number of rotatable bonds is 5. The van der Waals surface area contributed by atoms with Gasteiger partial charge in [-0.05, 0) is 43.4 Å². The van der Waals surface area contributed by atoms with Gasteiger partial charge in [-0.15, -0.1) is 0 Å². The highest BCUT2D eigenvalue weighted by molar-refractivity contribution is 5.97. The lowest BCUT2D eigenvalue weighted by Gasteiger charge is -2.42. The second-order valence-electron chi connectivity index (χ2n) is 7.39. The zero-order valence-corrected chi connectivity index (χ0v) is 15.9. The van der Waals surface area contributed by atoms with E-state index in [0.717, 1.165) is 18.4 Å². The summed E-state index contributed by atoms with van der Waals surface area (Å²) < 4.78 is 0. The summed E-state index contributed by atoms with van der Waals surface area (Å²) in [7, 11) is 0. The minimum Gasteiger partial charge on any atom is -0.507 e. The molecule has 3 amide bonds. The average molecular weight is 373 g/mol. The number of hydrogen-bond acceptors (Lipinski definition) is 4. The van der Waals surface area contributed by atoms with Gasteiger partial charge in [-0.3, -0.25) is 14.4 Å². The van der Waals surface area contributed by atoms with Gasteiger partial charge in [-0.2, -0.15) is 0 Å². The molecule has 1 unspecified atom stereocenters. The number of nitrogens with one attached hydrogen (secondary N) is 1. The number of nitrogens with zero attached hydrogens (tertiary/aromatic N) is 2. The van der Waals surface area contributed by atoms with Crippen LogP contribution in [0.5, 0.6) is 5.75 Å². The molecule has 1 saturated heterocycles. The Kier molecular flexibility index (Phi) is 5.68. The molecular formula is C20H27N3O4. The predicted octanol–water partition coefficient (Wildman–Crippen LogP) is 1.29. The molecule has 1 heterocycles. The largest absolute Gasteiger partial charge is 0.507 e. The van der Waals surface area contributed by atoms with Crippen LogP contribution in [0.4, 0.5) is 0 Å². The van der Waals surface area contributed by atoms with E-state index in [9.17, 15) is 19.5 Å². The maximum atomic E-state index is 13.0. The van der Waals surface area contributed by atoms with Gasteiger partial charge in [0.05, 0.1) is 18.2 Å². The first-order chi connectivity index (χ1) is 12.9. The van der Waals surface area contributed by atoms with Crippen molar-refractivity contribution in [3.63, 3.8) is 0 Å². The topological polar surface area (TPSA) is 90.0 Å². The summed E-state index contributed by atoms with van der Waals surface area (Å²) in [5.74, 6) is -0.0630. The van der Waals surface area contributed by atoms with E-state index in [0.29, 0.717) is 37.5 Å². The molecule has 27 heavy (non-hydrogen) atoms. The number of piperazine rings is 1. The number of carbonyl (C=O) groups is 3. The van der Waals surface area contributed by atoms with Crippen molar-refractivity contribution in [1.82, 2.24) is 15.1 Å². The number of benzene rings is 1. The lowest BCUT2D eigenvalue weighted by atomic mass is 10.0. The third-order valence-electron chi connectivity index (χ3n) is 5.34. The lowest BCUT2D eigenvalue weighted by Crippen LogP contribution is -2.58. The third-order valence-corrected chi connectivity index (χ3v) is 5.34. The minimum absolute atomic E-state index is 0.00322. The molecule has 1 aromatic carbocycles. The summed E-state index contributed by atoms with van der Waals surface area (Å²) in [6.07, 6.45) is 2.44. The van der Waals surface area contributed by atoms with Gasteiger partial charge >= 0.3 is 0 Å². The van der Waals surface area contributed by atoms with E-state index in [-0.39, 0.29) is 36.1 Å². The molecule has 1 aliphatic heterocycles. The molecule has 146 valence electrons. The molecule has 2 N–H and O–H groups in total. The van der Waals surface area contributed by atoms with Crippen LogP contribution in [-0.2, 0) is 9.59 Å². The van der Waals surface area contributed by atoms with Crippen molar-refractivity contribution >= 4 is 17.7 Å². The Labute approximate surface area is 159 Å². The highest BCUT2D eigenvalue weighted by Gasteiger charge is 2.42. The molecule has 0 spiro atoms. The number of hydrogen-bond donors (Lipinski definition) is 2. The summed E-state index contributed by atoms with van der Waals surface area (Å²) in [6.45, 7) is 4.94. The van der Waals surface area contributed by atoms with Gasteiger partial charge in [0.2, 0.25) is 11.8 Å². The second kappa shape index (κ2) is 7.98. The average Bonchev–Trinajstić information content (AvgIpc) is 3.50. The fourth-order valence-electron chi connectivity index (χ4n) is 3.56. The highest BCUT2D eigenvalue weighted by atomic mass is 16.3. The van der Waals surface area contributed by atoms with Gasteiger partial charge in [-0.1, -0.05) is 13.0 Å². The summed E-state index contributed by atoms with van der Waals surface area (Å²) in [4.78, 5) is 40.3. The molecular weight excluding hydrogens is 346 g/mol. The molecule has 1 atom stereocenters. The van der Waals surface area contributed by atoms with Gasteiger partial charge in [0.25, 0.3) is 5.91 Å². The van der Waals surface area contributed by atoms with Crippen molar-refractivity contribution in [3.8, 4) is 5.75 Å². The van der Waals surface area contributed by atoms with E-state index in [1.165, 1.54) is 0 Å². The first kappa shape index (κ1) is 19.2. The Hall–Kier alpha value is -2.57. The van der Waals surface area contributed by atoms with E-state index in [1.807, 2.05) is 13.0 Å². The molecule has 0 radical (unpaired) electrons. The maximum absolute atomic E-state index is 13.0. The van der Waals surface area contributed by atoms with Gasteiger partial charge < -0.3 is 20.2 Å². The Bertz CT molecular complexity index is 745. The second-order valence-corrected chi connectivity index (χ2v) is 7.39. The molecule has 1 aliphatic carbocycles. The molecule has 2 fully saturated rings. The van der Waals surface area contributed by atoms with Crippen LogP contribution in [0.2, 0.25) is 0 Å². The SMILES string of the molecule is CCC(=O)NCC(=O)N1CCN(C(=O)c2ccc(C)cc2O)C(C2CC2)C1. The van der Waals surface area contributed by atoms with Crippen LogP contribution in [0.3, 0.4) is 0 Å². The Morgan fingerprint density at radius 1 is 1.22 bits per heavy atom. The molecule has 3 rings (SSSR count). The van der Waals surface area contributed by atoms with E-state index in [1.54, 1.807) is 28.9 Å². The highest BCUT2D eigenvalue weighted by Crippen LogP contribution is 2.38. The smallest absolute Gasteiger partial charge is 0.257 e. The van der Waals surface area contributed by atoms with E-state index < -0.39 is 0 Å². The fourth-order valence-corrected chi connectivity index (χ4v) is 3.56. The van der Waals surface area contributed by atoms with Crippen LogP contribution < -0.4 is 5.32 Å². The van der Waals surface area contributed by atoms with E-state index in [2.05, 4.69) is 5.32 Å². The van der Waals surface area contributed by atoms with E-state index >= 15 is 0 Å². The van der Waals surface area contributed by atoms with Gasteiger partial charge in [0, 0.05) is 26.1 Å². The third kappa shape index (κ3) is 4.40. The van der Waals surface area contributed by atoms with Crippen LogP contribution in [0.1, 0.15) is 42.1 Å². The first-order valence-electron chi connectivity index (χ1n) is 9.55. The lowest BCUT2D eigenvalue weighted by molar-refractivity contribution is -0.135. The normalized spacial score (nSPS) is 19.7. The van der Waals surface area contributed by atoms with Gasteiger partial charge in [-0.25, -0.2) is 0 Å². The molecule has 7 nitrogen and oxygen atoms in total. The molecule has 1 saturated carbocycles. The van der Waals surface area contributed by atoms with Crippen molar-refractivity contribution in [1.29, 1.82) is 0 Å². The number of phenols is 1. The fraction of sp³-hybridized carbons (Fsp3) is 0.550. The molecule has 0 aromatic heterocycles. The molecule has 0 bridgehead atoms. The molecule has 7 heteroatoms. The van der Waals surface area contributed by atoms with Crippen LogP contribution >= 0.6 is 0 Å². The zero-order valence-electron chi connectivity index (χ0n) is 15.9. The molecule has 2 aliphatic rings. The minimum atomic E-state index is -0.184. The number of amides is 3. The Morgan fingerprint density at radius 2 is 1.96 bits per heavy atom. The van der Waals surface area contributed by atoms with Crippen LogP contribution in [0.25, 0.3) is 0 Å². The quantitative estimate of drug-likeness (QED) is 0.814. The maximum Gasteiger partial charge on any atom is 0.257 e. The number of aromatic hydroxyl groups is 1. The van der Waals surface area contributed by atoms with Crippen molar-refractivity contribution in [2.75, 3.05) is 26.2 Å². The van der Waals surface area contributed by atoms with Gasteiger partial charge in [0.1, 0.15) is 5.75 Å². The van der Waals surface area contributed by atoms with Crippen LogP contribution in [0.15, 0.2) is 18.2 Å². The molecule has 1 aromatic rings. The predicted molar refractivity (Wildman–Crippen MR) is 100 cm³/mol. The van der Waals surface area contributed by atoms with Crippen molar-refractivity contribution in [2.24, 2.45) is 5.92 Å². The Morgan fingerprint density at radius 3 is 2.59 bits per heavy atom. The zero-order chi connectivity index (χ0) is 19.6. The van der Waals surface area contributed by atoms with Crippen LogP contribution in [0, 0.1) is 12.8 Å². The number of aryl methyl sites for hydroxylation is 1. The number of phenolic OH excluding ortho intramolecular Hbond substituents is 1. The van der Waals surface area contributed by atoms with Crippen molar-refractivity contribution in [2.45, 2.75) is 39.2 Å². The number of carbonyl (C=O) groups excluding carboxylic acids is 3. The monoisotopic (exact) mass is 373 g/mol. The van der Waals surface area contributed by atoms with Gasteiger partial charge in [0.15, 0.2) is 0 Å². The summed E-state index contributed by atoms with van der Waals surface area (Å²) in [6, 6.07) is 5.03. The van der Waals surface area contributed by atoms with Crippen molar-refractivity contribution < 1.29 is 19.5 Å². The summed E-state index contributed by atoms with van der Waals surface area (Å²) >= 11 is 0. The summed E-state index contributed by atoms with van der Waals surface area (Å²) in [5.41, 5.74) is 1.20. The van der Waals surface area contributed by atoms with Crippen molar-refractivity contribution in [3.05, 3.63) is 29.3 Å². The standard InChI is InChI=1S/C20H27N3O4/c1-3-18(25)21-11-19(26)22-8-9-23(16(12-22)14-5-6-14)20(27)15-7-4-13(2)10-17(15)24/h4,7,10,14,16,24H,3,5-6,8-9,11-12H2,1-2H3,(H,21,25).